The van der Waals surface area contributed by atoms with Crippen molar-refractivity contribution in [3.05, 3.63) is 41.5 Å². The van der Waals surface area contributed by atoms with Crippen LogP contribution in [-0.2, 0) is 4.79 Å². The zero-order chi connectivity index (χ0) is 13.4. The Morgan fingerprint density at radius 1 is 1.42 bits per heavy atom. The van der Waals surface area contributed by atoms with Gasteiger partial charge in [-0.05, 0) is 37.0 Å². The van der Waals surface area contributed by atoms with Crippen LogP contribution in [0, 0.1) is 18.7 Å². The molecule has 0 aliphatic heterocycles. The molecule has 1 aromatic carbocycles. The first kappa shape index (κ1) is 11.8. The van der Waals surface area contributed by atoms with Crippen LogP contribution in [0.25, 0.3) is 0 Å². The summed E-state index contributed by atoms with van der Waals surface area (Å²) in [6.45, 7) is 1.68. The van der Waals surface area contributed by atoms with Crippen LogP contribution >= 0.6 is 0 Å². The summed E-state index contributed by atoms with van der Waals surface area (Å²) in [5, 5.41) is 6.18. The van der Waals surface area contributed by atoms with E-state index in [0.717, 1.165) is 12.0 Å². The summed E-state index contributed by atoms with van der Waals surface area (Å²) in [5.41, 5.74) is 0.975. The minimum atomic E-state index is -0.272. The van der Waals surface area contributed by atoms with Crippen LogP contribution in [-0.4, -0.2) is 16.0 Å². The van der Waals surface area contributed by atoms with Gasteiger partial charge in [0.2, 0.25) is 5.91 Å². The number of anilines is 1. The molecule has 0 radical (unpaired) electrons. The Balaban J connectivity index is 1.63. The molecule has 1 aliphatic rings. The number of nitrogens with zero attached hydrogens (tertiary/aromatic N) is 2. The molecule has 0 saturated heterocycles. The third-order valence-electron chi connectivity index (χ3n) is 3.18. The van der Waals surface area contributed by atoms with E-state index < -0.39 is 0 Å². The first-order valence-corrected chi connectivity index (χ1v) is 6.00. The highest BCUT2D eigenvalue weighted by molar-refractivity contribution is 5.93. The number of nitrogens with one attached hydrogen (secondary N) is 1. The Morgan fingerprint density at radius 3 is 2.79 bits per heavy atom. The lowest BCUT2D eigenvalue weighted by Crippen LogP contribution is -2.14. The van der Waals surface area contributed by atoms with E-state index in [1.807, 2.05) is 0 Å². The molecule has 0 unspecified atom stereocenters. The predicted molar refractivity (Wildman–Crippen MR) is 64.9 cm³/mol. The van der Waals surface area contributed by atoms with Crippen LogP contribution in [0.5, 0.6) is 0 Å². The molecule has 1 amide bonds. The van der Waals surface area contributed by atoms with E-state index in [2.05, 4.69) is 15.5 Å². The topological polar surface area (TPSA) is 68.0 Å². The summed E-state index contributed by atoms with van der Waals surface area (Å²) < 4.78 is 17.6. The molecule has 19 heavy (non-hydrogen) atoms. The number of benzene rings is 1. The standard InChI is InChI=1S/C13H12FN3O2/c1-7-15-13(19-17-7)16-12(18)11-6-10(11)8-2-4-9(14)5-3-8/h2-5,10-11H,6H2,1H3,(H,15,16,17,18)/t10-,11-/m1/s1. The van der Waals surface area contributed by atoms with Gasteiger partial charge >= 0.3 is 6.01 Å². The number of carbonyl (C=O) groups excluding carboxylic acids is 1. The van der Waals surface area contributed by atoms with Crippen LogP contribution in [0.3, 0.4) is 0 Å². The monoisotopic (exact) mass is 261 g/mol. The SMILES string of the molecule is Cc1noc(NC(=O)[C@@H]2C[C@@H]2c2ccc(F)cc2)n1. The first-order chi connectivity index (χ1) is 9.13. The Kier molecular flexibility index (Phi) is 2.77. The van der Waals surface area contributed by atoms with Gasteiger partial charge in [0.1, 0.15) is 5.82 Å². The first-order valence-electron chi connectivity index (χ1n) is 6.00. The Labute approximate surface area is 108 Å². The molecule has 1 saturated carbocycles. The molecule has 0 bridgehead atoms. The molecule has 1 heterocycles. The third kappa shape index (κ3) is 2.47. The van der Waals surface area contributed by atoms with Crippen molar-refractivity contribution in [2.24, 2.45) is 5.92 Å². The number of amides is 1. The summed E-state index contributed by atoms with van der Waals surface area (Å²) in [6.07, 6.45) is 0.755. The zero-order valence-electron chi connectivity index (χ0n) is 10.3. The molecule has 5 nitrogen and oxygen atoms in total. The van der Waals surface area contributed by atoms with Crippen LogP contribution in [0.4, 0.5) is 10.4 Å². The van der Waals surface area contributed by atoms with Crippen molar-refractivity contribution < 1.29 is 13.7 Å². The largest absolute Gasteiger partial charge is 0.328 e. The van der Waals surface area contributed by atoms with Gasteiger partial charge in [-0.2, -0.15) is 4.98 Å². The predicted octanol–water partition coefficient (Wildman–Crippen LogP) is 2.26. The van der Waals surface area contributed by atoms with Crippen molar-refractivity contribution in [3.8, 4) is 0 Å². The number of carbonyl (C=O) groups is 1. The van der Waals surface area contributed by atoms with E-state index in [1.165, 1.54) is 12.1 Å². The van der Waals surface area contributed by atoms with Crippen LogP contribution < -0.4 is 5.32 Å². The molecule has 2 aromatic rings. The number of halogens is 1. The van der Waals surface area contributed by atoms with Gasteiger partial charge in [-0.25, -0.2) is 4.39 Å². The van der Waals surface area contributed by atoms with Crippen molar-refractivity contribution in [2.75, 3.05) is 5.32 Å². The number of aromatic nitrogens is 2. The van der Waals surface area contributed by atoms with Gasteiger partial charge in [-0.15, -0.1) is 0 Å². The molecule has 1 N–H and O–H groups in total. The van der Waals surface area contributed by atoms with E-state index in [1.54, 1.807) is 19.1 Å². The lowest BCUT2D eigenvalue weighted by Gasteiger charge is -2.00. The van der Waals surface area contributed by atoms with Crippen molar-refractivity contribution in [2.45, 2.75) is 19.3 Å². The molecule has 0 spiro atoms. The number of hydrogen-bond acceptors (Lipinski definition) is 4. The molecule has 1 aromatic heterocycles. The quantitative estimate of drug-likeness (QED) is 0.920. The molecule has 1 aliphatic carbocycles. The summed E-state index contributed by atoms with van der Waals surface area (Å²) in [6, 6.07) is 6.36. The molecule has 3 rings (SSSR count). The van der Waals surface area contributed by atoms with Crippen LogP contribution in [0.1, 0.15) is 23.7 Å². The maximum atomic E-state index is 12.8. The number of hydrogen-bond donors (Lipinski definition) is 1. The minimum Gasteiger partial charge on any atom is -0.315 e. The van der Waals surface area contributed by atoms with E-state index in [-0.39, 0.29) is 29.6 Å². The zero-order valence-corrected chi connectivity index (χ0v) is 10.3. The normalized spacial score (nSPS) is 21.2. The fraction of sp³-hybridized carbons (Fsp3) is 0.308. The smallest absolute Gasteiger partial charge is 0.315 e. The fourth-order valence-corrected chi connectivity index (χ4v) is 2.11. The number of rotatable bonds is 3. The summed E-state index contributed by atoms with van der Waals surface area (Å²) in [7, 11) is 0. The average Bonchev–Trinajstić information content (AvgIpc) is 3.08. The molecular weight excluding hydrogens is 249 g/mol. The highest BCUT2D eigenvalue weighted by Gasteiger charge is 2.44. The van der Waals surface area contributed by atoms with Gasteiger partial charge in [0.25, 0.3) is 0 Å². The van der Waals surface area contributed by atoms with Gasteiger partial charge < -0.3 is 4.52 Å². The lowest BCUT2D eigenvalue weighted by atomic mass is 10.1. The van der Waals surface area contributed by atoms with Crippen LogP contribution in [0.15, 0.2) is 28.8 Å². The summed E-state index contributed by atoms with van der Waals surface area (Å²) in [4.78, 5) is 15.8. The van der Waals surface area contributed by atoms with Gasteiger partial charge in [-0.3, -0.25) is 10.1 Å². The van der Waals surface area contributed by atoms with Gasteiger partial charge in [0, 0.05) is 5.92 Å². The Hall–Kier alpha value is -2.24. The second kappa shape index (κ2) is 4.46. The Morgan fingerprint density at radius 2 is 2.16 bits per heavy atom. The maximum absolute atomic E-state index is 12.8. The molecule has 98 valence electrons. The molecule has 6 heteroatoms. The molecule has 1 fully saturated rings. The van der Waals surface area contributed by atoms with E-state index >= 15 is 0 Å². The second-order valence-electron chi connectivity index (χ2n) is 4.64. The van der Waals surface area contributed by atoms with Crippen LogP contribution in [0.2, 0.25) is 0 Å². The van der Waals surface area contributed by atoms with E-state index in [4.69, 9.17) is 4.52 Å². The summed E-state index contributed by atoms with van der Waals surface area (Å²) >= 11 is 0. The van der Waals surface area contributed by atoms with Gasteiger partial charge in [0.05, 0.1) is 0 Å². The summed E-state index contributed by atoms with van der Waals surface area (Å²) in [5.74, 6) is 0.0909. The molecule has 2 atom stereocenters. The second-order valence-corrected chi connectivity index (χ2v) is 4.64. The minimum absolute atomic E-state index is 0.113. The van der Waals surface area contributed by atoms with Gasteiger partial charge in [0.15, 0.2) is 5.82 Å². The average molecular weight is 261 g/mol. The van der Waals surface area contributed by atoms with E-state index in [9.17, 15) is 9.18 Å². The van der Waals surface area contributed by atoms with Gasteiger partial charge in [-0.1, -0.05) is 17.3 Å². The van der Waals surface area contributed by atoms with Crippen molar-refractivity contribution in [3.63, 3.8) is 0 Å². The van der Waals surface area contributed by atoms with Crippen molar-refractivity contribution in [1.82, 2.24) is 10.1 Å². The third-order valence-corrected chi connectivity index (χ3v) is 3.18. The fourth-order valence-electron chi connectivity index (χ4n) is 2.11. The van der Waals surface area contributed by atoms with Crippen molar-refractivity contribution >= 4 is 11.9 Å². The van der Waals surface area contributed by atoms with Crippen molar-refractivity contribution in [1.29, 1.82) is 0 Å². The molecular formula is C13H12FN3O2. The lowest BCUT2D eigenvalue weighted by molar-refractivity contribution is -0.117. The van der Waals surface area contributed by atoms with E-state index in [0.29, 0.717) is 5.82 Å². The highest BCUT2D eigenvalue weighted by atomic mass is 19.1. The maximum Gasteiger partial charge on any atom is 0.328 e. The number of aryl methyl sites for hydroxylation is 1. The Bertz CT molecular complexity index is 609. The highest BCUT2D eigenvalue weighted by Crippen LogP contribution is 2.47.